The Labute approximate surface area is 89.7 Å². The predicted molar refractivity (Wildman–Crippen MR) is 57.3 cm³/mol. The molecule has 2 unspecified atom stereocenters. The Morgan fingerprint density at radius 1 is 1.53 bits per heavy atom. The average molecular weight is 205 g/mol. The van der Waals surface area contributed by atoms with Crippen LogP contribution in [0.5, 0.6) is 5.75 Å². The van der Waals surface area contributed by atoms with Crippen LogP contribution in [0.4, 0.5) is 0 Å². The lowest BCUT2D eigenvalue weighted by Crippen LogP contribution is -2.18. The van der Waals surface area contributed by atoms with Gasteiger partial charge in [0.05, 0.1) is 6.20 Å². The molecule has 4 heteroatoms. The summed E-state index contributed by atoms with van der Waals surface area (Å²) in [6.45, 7) is 3.62. The molecule has 0 aliphatic heterocycles. The van der Waals surface area contributed by atoms with Gasteiger partial charge in [-0.25, -0.2) is 0 Å². The molecule has 1 heterocycles. The van der Waals surface area contributed by atoms with Gasteiger partial charge in [-0.3, -0.25) is 4.98 Å². The number of nitrogens with zero attached hydrogens (tertiary/aromatic N) is 2. The summed E-state index contributed by atoms with van der Waals surface area (Å²) in [6, 6.07) is 5.76. The Hall–Kier alpha value is -1.60. The van der Waals surface area contributed by atoms with Crippen LogP contribution in [0, 0.1) is 11.3 Å². The molecule has 80 valence electrons. The van der Waals surface area contributed by atoms with E-state index in [0.29, 0.717) is 5.75 Å². The summed E-state index contributed by atoms with van der Waals surface area (Å²) < 4.78 is 5.27. The van der Waals surface area contributed by atoms with E-state index in [2.05, 4.69) is 4.98 Å². The second-order valence-corrected chi connectivity index (χ2v) is 3.56. The van der Waals surface area contributed by atoms with Gasteiger partial charge in [-0.05, 0) is 26.0 Å². The van der Waals surface area contributed by atoms with Crippen molar-refractivity contribution in [3.05, 3.63) is 24.0 Å². The van der Waals surface area contributed by atoms with Crippen LogP contribution in [0.15, 0.2) is 18.3 Å². The molecule has 2 N–H and O–H groups in total. The highest BCUT2D eigenvalue weighted by Gasteiger charge is 2.03. The first-order chi connectivity index (χ1) is 7.11. The minimum absolute atomic E-state index is 0.0994. The van der Waals surface area contributed by atoms with Crippen LogP contribution in [-0.2, 0) is 6.42 Å². The van der Waals surface area contributed by atoms with Gasteiger partial charge in [-0.15, -0.1) is 0 Å². The van der Waals surface area contributed by atoms with Gasteiger partial charge in [0.1, 0.15) is 11.8 Å². The Balaban J connectivity index is 2.61. The van der Waals surface area contributed by atoms with Gasteiger partial charge in [-0.1, -0.05) is 0 Å². The molecule has 1 rings (SSSR count). The summed E-state index contributed by atoms with van der Waals surface area (Å²) in [5, 5.41) is 8.56. The molecule has 2 atom stereocenters. The molecular weight excluding hydrogens is 190 g/mol. The number of rotatable bonds is 4. The molecule has 0 spiro atoms. The third-order valence-electron chi connectivity index (χ3n) is 1.82. The number of aromatic nitrogens is 1. The molecule has 0 saturated carbocycles. The van der Waals surface area contributed by atoms with Gasteiger partial charge >= 0.3 is 0 Å². The largest absolute Gasteiger partial charge is 0.474 e. The van der Waals surface area contributed by atoms with Gasteiger partial charge < -0.3 is 10.5 Å². The van der Waals surface area contributed by atoms with Crippen molar-refractivity contribution in [2.75, 3.05) is 0 Å². The standard InChI is InChI=1S/C11H15N3O/c1-8(13)5-10-3-4-11(7-14-10)15-9(2)6-12/h3-4,7-9H,5,13H2,1-2H3. The molecular formula is C11H15N3O. The zero-order valence-corrected chi connectivity index (χ0v) is 8.97. The Kier molecular flexibility index (Phi) is 4.07. The van der Waals surface area contributed by atoms with Crippen LogP contribution in [0.2, 0.25) is 0 Å². The molecule has 0 radical (unpaired) electrons. The van der Waals surface area contributed by atoms with Crippen molar-refractivity contribution in [3.8, 4) is 11.8 Å². The third-order valence-corrected chi connectivity index (χ3v) is 1.82. The van der Waals surface area contributed by atoms with Gasteiger partial charge in [0.2, 0.25) is 0 Å². The topological polar surface area (TPSA) is 71.9 Å². The second kappa shape index (κ2) is 5.32. The molecule has 0 aliphatic rings. The normalized spacial score (nSPS) is 14.0. The highest BCUT2D eigenvalue weighted by Crippen LogP contribution is 2.11. The van der Waals surface area contributed by atoms with Crippen LogP contribution in [-0.4, -0.2) is 17.1 Å². The SMILES string of the molecule is CC(N)Cc1ccc(OC(C)C#N)cn1. The van der Waals surface area contributed by atoms with E-state index in [1.807, 2.05) is 19.1 Å². The zero-order valence-electron chi connectivity index (χ0n) is 8.97. The van der Waals surface area contributed by atoms with Crippen molar-refractivity contribution in [3.63, 3.8) is 0 Å². The smallest absolute Gasteiger partial charge is 0.181 e. The highest BCUT2D eigenvalue weighted by molar-refractivity contribution is 5.21. The number of hydrogen-bond acceptors (Lipinski definition) is 4. The van der Waals surface area contributed by atoms with Crippen LogP contribution in [0.25, 0.3) is 0 Å². The maximum absolute atomic E-state index is 8.56. The van der Waals surface area contributed by atoms with E-state index in [9.17, 15) is 0 Å². The molecule has 0 aromatic carbocycles. The van der Waals surface area contributed by atoms with Gasteiger partial charge in [0.15, 0.2) is 6.10 Å². The number of nitrogens with two attached hydrogens (primary N) is 1. The van der Waals surface area contributed by atoms with Crippen LogP contribution in [0.3, 0.4) is 0 Å². The van der Waals surface area contributed by atoms with Crippen LogP contribution in [0.1, 0.15) is 19.5 Å². The van der Waals surface area contributed by atoms with Crippen molar-refractivity contribution in [2.45, 2.75) is 32.4 Å². The van der Waals surface area contributed by atoms with Crippen molar-refractivity contribution < 1.29 is 4.74 Å². The van der Waals surface area contributed by atoms with E-state index in [4.69, 9.17) is 15.7 Å². The first kappa shape index (κ1) is 11.5. The maximum Gasteiger partial charge on any atom is 0.181 e. The zero-order chi connectivity index (χ0) is 11.3. The molecule has 1 aromatic heterocycles. The van der Waals surface area contributed by atoms with Crippen molar-refractivity contribution in [1.82, 2.24) is 4.98 Å². The molecule has 0 aliphatic carbocycles. The quantitative estimate of drug-likeness (QED) is 0.803. The summed E-state index contributed by atoms with van der Waals surface area (Å²) >= 11 is 0. The van der Waals surface area contributed by atoms with Crippen LogP contribution < -0.4 is 10.5 Å². The fraction of sp³-hybridized carbons (Fsp3) is 0.455. The number of pyridine rings is 1. The first-order valence-electron chi connectivity index (χ1n) is 4.88. The van der Waals surface area contributed by atoms with E-state index in [0.717, 1.165) is 12.1 Å². The predicted octanol–water partition coefficient (Wildman–Crippen LogP) is 1.26. The molecule has 4 nitrogen and oxygen atoms in total. The Bertz CT molecular complexity index is 340. The van der Waals surface area contributed by atoms with Gasteiger partial charge in [-0.2, -0.15) is 5.26 Å². The number of hydrogen-bond donors (Lipinski definition) is 1. The number of ether oxygens (including phenoxy) is 1. The molecule has 0 saturated heterocycles. The third kappa shape index (κ3) is 3.96. The van der Waals surface area contributed by atoms with E-state index < -0.39 is 6.10 Å². The second-order valence-electron chi connectivity index (χ2n) is 3.56. The summed E-state index contributed by atoms with van der Waals surface area (Å²) in [6.07, 6.45) is 1.91. The number of nitriles is 1. The summed E-state index contributed by atoms with van der Waals surface area (Å²) in [5.74, 6) is 0.609. The van der Waals surface area contributed by atoms with Crippen molar-refractivity contribution in [2.24, 2.45) is 5.73 Å². The monoisotopic (exact) mass is 205 g/mol. The Morgan fingerprint density at radius 3 is 2.73 bits per heavy atom. The lowest BCUT2D eigenvalue weighted by molar-refractivity contribution is 0.275. The van der Waals surface area contributed by atoms with Crippen molar-refractivity contribution >= 4 is 0 Å². The van der Waals surface area contributed by atoms with E-state index in [1.165, 1.54) is 0 Å². The van der Waals surface area contributed by atoms with E-state index in [-0.39, 0.29) is 6.04 Å². The van der Waals surface area contributed by atoms with E-state index >= 15 is 0 Å². The minimum Gasteiger partial charge on any atom is -0.474 e. The summed E-state index contributed by atoms with van der Waals surface area (Å²) in [4.78, 5) is 4.19. The summed E-state index contributed by atoms with van der Waals surface area (Å²) in [5.41, 5.74) is 6.58. The fourth-order valence-electron chi connectivity index (χ4n) is 1.16. The molecule has 0 bridgehead atoms. The maximum atomic E-state index is 8.56. The fourth-order valence-corrected chi connectivity index (χ4v) is 1.16. The minimum atomic E-state index is -0.453. The molecule has 1 aromatic rings. The Morgan fingerprint density at radius 2 is 2.27 bits per heavy atom. The lowest BCUT2D eigenvalue weighted by atomic mass is 10.2. The molecule has 0 amide bonds. The average Bonchev–Trinajstić information content (AvgIpc) is 2.20. The van der Waals surface area contributed by atoms with Crippen LogP contribution >= 0.6 is 0 Å². The van der Waals surface area contributed by atoms with Gasteiger partial charge in [0, 0.05) is 18.2 Å². The lowest BCUT2D eigenvalue weighted by Gasteiger charge is -2.08. The van der Waals surface area contributed by atoms with Crippen molar-refractivity contribution in [1.29, 1.82) is 5.26 Å². The summed E-state index contributed by atoms with van der Waals surface area (Å²) in [7, 11) is 0. The van der Waals surface area contributed by atoms with E-state index in [1.54, 1.807) is 19.2 Å². The van der Waals surface area contributed by atoms with Gasteiger partial charge in [0.25, 0.3) is 0 Å². The first-order valence-corrected chi connectivity index (χ1v) is 4.88. The molecule has 15 heavy (non-hydrogen) atoms. The molecule has 0 fully saturated rings. The highest BCUT2D eigenvalue weighted by atomic mass is 16.5.